The molecule has 2 saturated heterocycles. The molecule has 1 amide bonds. The van der Waals surface area contributed by atoms with Crippen LogP contribution in [0.15, 0.2) is 11.3 Å². The average molecular weight is 411 g/mol. The van der Waals surface area contributed by atoms with Crippen LogP contribution < -0.4 is 11.1 Å². The number of carbonyl (C=O) groups is 2. The summed E-state index contributed by atoms with van der Waals surface area (Å²) in [6.45, 7) is 0.859. The van der Waals surface area contributed by atoms with Crippen LogP contribution in [0.2, 0.25) is 0 Å². The number of rotatable bonds is 4. The first kappa shape index (κ1) is 18.8. The molecule has 0 aromatic heterocycles. The highest BCUT2D eigenvalue weighted by Crippen LogP contribution is 2.68. The molecule has 7 heteroatoms. The van der Waals surface area contributed by atoms with Gasteiger partial charge in [0.05, 0.1) is 12.1 Å². The van der Waals surface area contributed by atoms with Gasteiger partial charge < -0.3 is 20.7 Å². The number of carbonyl (C=O) groups excluding carboxylic acids is 2. The molecular formula is C23H30N4O3. The van der Waals surface area contributed by atoms with Gasteiger partial charge in [-0.15, -0.1) is 0 Å². The molecule has 0 aromatic rings. The Bertz CT molecular complexity index is 872. The second-order valence-electron chi connectivity index (χ2n) is 10.5. The number of nitrogens with two attached hydrogens (primary N) is 1. The lowest BCUT2D eigenvalue weighted by Gasteiger charge is -2.63. The number of nitrogens with zero attached hydrogens (tertiary/aromatic N) is 2. The number of hydrogen-bond donors (Lipinski definition) is 2. The number of fused-ring (bicyclic) bond motifs is 2. The van der Waals surface area contributed by atoms with E-state index in [-0.39, 0.29) is 35.4 Å². The summed E-state index contributed by atoms with van der Waals surface area (Å²) in [5.41, 5.74) is 7.46. The van der Waals surface area contributed by atoms with Gasteiger partial charge in [-0.2, -0.15) is 5.26 Å². The summed E-state index contributed by atoms with van der Waals surface area (Å²) in [7, 11) is 0. The SMILES string of the molecule is N#C[C@@H]1C[C@@H]2C[C@@H]2N1C(=O)[C@@H](N)C12CC3CC(OC(=O)[C@@H]4CCCCN4)=C1C(C3)C2. The van der Waals surface area contributed by atoms with E-state index in [0.717, 1.165) is 75.7 Å². The van der Waals surface area contributed by atoms with Crippen molar-refractivity contribution in [3.63, 3.8) is 0 Å². The molecule has 7 aliphatic rings. The molecule has 0 spiro atoms. The minimum Gasteiger partial charge on any atom is -0.430 e. The van der Waals surface area contributed by atoms with E-state index in [1.54, 1.807) is 4.90 Å². The Morgan fingerprint density at radius 2 is 2.13 bits per heavy atom. The van der Waals surface area contributed by atoms with Crippen molar-refractivity contribution < 1.29 is 14.3 Å². The van der Waals surface area contributed by atoms with E-state index in [1.807, 2.05) is 0 Å². The molecule has 7 rings (SSSR count). The number of piperidine rings is 2. The summed E-state index contributed by atoms with van der Waals surface area (Å²) in [4.78, 5) is 28.0. The van der Waals surface area contributed by atoms with Crippen molar-refractivity contribution in [2.45, 2.75) is 82.0 Å². The molecule has 2 aliphatic heterocycles. The number of nitrogens with one attached hydrogen (secondary N) is 1. The molecule has 0 aromatic carbocycles. The lowest BCUT2D eigenvalue weighted by Crippen LogP contribution is -2.65. The van der Waals surface area contributed by atoms with E-state index in [9.17, 15) is 14.9 Å². The van der Waals surface area contributed by atoms with Gasteiger partial charge in [-0.05, 0) is 74.8 Å². The first-order valence-electron chi connectivity index (χ1n) is 11.7. The Hall–Kier alpha value is -1.91. The third kappa shape index (κ3) is 2.56. The first-order chi connectivity index (χ1) is 14.5. The van der Waals surface area contributed by atoms with Crippen LogP contribution in [0.25, 0.3) is 0 Å². The number of allylic oxidation sites excluding steroid dienone is 1. The van der Waals surface area contributed by atoms with Gasteiger partial charge in [0.1, 0.15) is 17.8 Å². The molecule has 0 radical (unpaired) electrons. The average Bonchev–Trinajstić information content (AvgIpc) is 3.42. The van der Waals surface area contributed by atoms with Gasteiger partial charge in [0, 0.05) is 17.9 Å². The number of hydrogen-bond acceptors (Lipinski definition) is 6. The molecule has 7 nitrogen and oxygen atoms in total. The van der Waals surface area contributed by atoms with Crippen molar-refractivity contribution in [1.82, 2.24) is 10.2 Å². The maximum atomic E-state index is 13.4. The summed E-state index contributed by atoms with van der Waals surface area (Å²) in [5, 5.41) is 12.8. The third-order valence-electron chi connectivity index (χ3n) is 8.79. The molecule has 8 atom stereocenters. The Morgan fingerprint density at radius 3 is 2.87 bits per heavy atom. The molecule has 2 heterocycles. The van der Waals surface area contributed by atoms with Gasteiger partial charge in [-0.25, -0.2) is 4.79 Å². The van der Waals surface area contributed by atoms with E-state index >= 15 is 0 Å². The molecule has 30 heavy (non-hydrogen) atoms. The number of esters is 1. The molecule has 5 aliphatic carbocycles. The van der Waals surface area contributed by atoms with Crippen LogP contribution in [0.5, 0.6) is 0 Å². The van der Waals surface area contributed by atoms with Crippen molar-refractivity contribution in [3.8, 4) is 6.07 Å². The second-order valence-corrected chi connectivity index (χ2v) is 10.5. The van der Waals surface area contributed by atoms with Crippen LogP contribution in [0.4, 0.5) is 0 Å². The molecule has 160 valence electrons. The smallest absolute Gasteiger partial charge is 0.328 e. The third-order valence-corrected chi connectivity index (χ3v) is 8.79. The highest BCUT2D eigenvalue weighted by Gasteiger charge is 2.65. The van der Waals surface area contributed by atoms with Gasteiger partial charge in [0.15, 0.2) is 0 Å². The minimum absolute atomic E-state index is 0.0651. The summed E-state index contributed by atoms with van der Waals surface area (Å²) < 4.78 is 5.96. The van der Waals surface area contributed by atoms with Crippen LogP contribution in [-0.4, -0.2) is 47.5 Å². The zero-order valence-corrected chi connectivity index (χ0v) is 17.3. The molecular weight excluding hydrogens is 380 g/mol. The van der Waals surface area contributed by atoms with E-state index in [0.29, 0.717) is 17.8 Å². The minimum atomic E-state index is -0.636. The van der Waals surface area contributed by atoms with Crippen LogP contribution in [-0.2, 0) is 14.3 Å². The quantitative estimate of drug-likeness (QED) is 0.682. The summed E-state index contributed by atoms with van der Waals surface area (Å²) in [6.07, 6.45) is 8.51. The van der Waals surface area contributed by atoms with Crippen LogP contribution in [0.3, 0.4) is 0 Å². The molecule has 4 bridgehead atoms. The fourth-order valence-corrected chi connectivity index (χ4v) is 7.41. The fourth-order valence-electron chi connectivity index (χ4n) is 7.41. The van der Waals surface area contributed by atoms with Crippen molar-refractivity contribution in [1.29, 1.82) is 5.26 Å². The predicted octanol–water partition coefficient (Wildman–Crippen LogP) is 1.59. The van der Waals surface area contributed by atoms with E-state index in [1.165, 1.54) is 0 Å². The van der Waals surface area contributed by atoms with E-state index in [2.05, 4.69) is 11.4 Å². The van der Waals surface area contributed by atoms with Gasteiger partial charge >= 0.3 is 5.97 Å². The molecule has 3 N–H and O–H groups in total. The number of likely N-dealkylation sites (tertiary alicyclic amines) is 1. The first-order valence-corrected chi connectivity index (χ1v) is 11.7. The highest BCUT2D eigenvalue weighted by molar-refractivity contribution is 5.86. The van der Waals surface area contributed by atoms with Gasteiger partial charge in [-0.1, -0.05) is 6.42 Å². The van der Waals surface area contributed by atoms with E-state index in [4.69, 9.17) is 10.5 Å². The van der Waals surface area contributed by atoms with Crippen molar-refractivity contribution >= 4 is 11.9 Å². The van der Waals surface area contributed by atoms with Crippen LogP contribution >= 0.6 is 0 Å². The fraction of sp³-hybridized carbons (Fsp3) is 0.783. The van der Waals surface area contributed by atoms with Crippen molar-refractivity contribution in [2.24, 2.45) is 28.9 Å². The number of ether oxygens (including phenoxy) is 1. The summed E-state index contributed by atoms with van der Waals surface area (Å²) >= 11 is 0. The molecule has 3 saturated carbocycles. The van der Waals surface area contributed by atoms with Crippen LogP contribution in [0.1, 0.15) is 57.8 Å². The maximum Gasteiger partial charge on any atom is 0.328 e. The lowest BCUT2D eigenvalue weighted by atomic mass is 9.42. The van der Waals surface area contributed by atoms with Crippen molar-refractivity contribution in [2.75, 3.05) is 6.54 Å². The molecule has 3 unspecified atom stereocenters. The Labute approximate surface area is 177 Å². The second kappa shape index (κ2) is 6.54. The number of amides is 1. The maximum absolute atomic E-state index is 13.4. The number of nitriles is 1. The largest absolute Gasteiger partial charge is 0.430 e. The monoisotopic (exact) mass is 410 g/mol. The summed E-state index contributed by atoms with van der Waals surface area (Å²) in [6, 6.07) is 1.33. The zero-order chi connectivity index (χ0) is 20.6. The summed E-state index contributed by atoms with van der Waals surface area (Å²) in [5.74, 6) is 1.88. The Balaban J connectivity index is 1.25. The normalized spacial score (nSPS) is 44.1. The van der Waals surface area contributed by atoms with E-state index < -0.39 is 6.04 Å². The van der Waals surface area contributed by atoms with Crippen molar-refractivity contribution in [3.05, 3.63) is 11.3 Å². The molecule has 5 fully saturated rings. The topological polar surface area (TPSA) is 108 Å². The Morgan fingerprint density at radius 1 is 1.27 bits per heavy atom. The standard InChI is InChI=1S/C23H30N4O3/c24-11-15-7-13-8-17(13)27(15)21(28)20(25)23-9-12-5-14(10-23)19(23)18(6-12)30-22(29)16-3-1-2-4-26-16/h12-17,20,26H,1-10,25H2/t12?,13-,14?,15+,16+,17+,20-,23?/m1/s1. The van der Waals surface area contributed by atoms with Gasteiger partial charge in [-0.3, -0.25) is 4.79 Å². The Kier molecular flexibility index (Phi) is 4.11. The van der Waals surface area contributed by atoms with Gasteiger partial charge in [0.2, 0.25) is 5.91 Å². The van der Waals surface area contributed by atoms with Crippen LogP contribution in [0, 0.1) is 34.5 Å². The zero-order valence-electron chi connectivity index (χ0n) is 17.3. The predicted molar refractivity (Wildman–Crippen MR) is 107 cm³/mol. The highest BCUT2D eigenvalue weighted by atomic mass is 16.5. The van der Waals surface area contributed by atoms with Gasteiger partial charge in [0.25, 0.3) is 0 Å². The lowest BCUT2D eigenvalue weighted by molar-refractivity contribution is -0.146.